The Hall–Kier alpha value is -3.43. The fraction of sp³-hybridized carbons (Fsp3) is 0. The van der Waals surface area contributed by atoms with Gasteiger partial charge in [0.1, 0.15) is 10.8 Å². The summed E-state index contributed by atoms with van der Waals surface area (Å²) in [6, 6.07) is 9.01. The average Bonchev–Trinajstić information content (AvgIpc) is 2.68. The van der Waals surface area contributed by atoms with E-state index < -0.39 is 16.4 Å². The maximum Gasteiger partial charge on any atom is 0.291 e. The first-order valence-electron chi connectivity index (χ1n) is 7.60. The predicted octanol–water partition coefficient (Wildman–Crippen LogP) is 3.41. The van der Waals surface area contributed by atoms with E-state index in [0.717, 1.165) is 22.9 Å². The van der Waals surface area contributed by atoms with Crippen LogP contribution in [0.3, 0.4) is 0 Å². The van der Waals surface area contributed by atoms with Crippen molar-refractivity contribution in [1.82, 2.24) is 9.78 Å². The summed E-state index contributed by atoms with van der Waals surface area (Å²) in [4.78, 5) is 34.6. The van der Waals surface area contributed by atoms with Gasteiger partial charge in [0, 0.05) is 17.7 Å². The van der Waals surface area contributed by atoms with Crippen molar-refractivity contribution in [1.29, 1.82) is 0 Å². The van der Waals surface area contributed by atoms with E-state index in [1.165, 1.54) is 30.5 Å². The minimum Gasteiger partial charge on any atom is -0.506 e. The Balaban J connectivity index is 1.85. The topological polar surface area (TPSA) is 127 Å². The lowest BCUT2D eigenvalue weighted by atomic mass is 10.2. The van der Waals surface area contributed by atoms with Crippen molar-refractivity contribution < 1.29 is 14.8 Å². The van der Waals surface area contributed by atoms with Crippen molar-refractivity contribution in [3.63, 3.8) is 0 Å². The first-order valence-corrected chi connectivity index (χ1v) is 8.36. The van der Waals surface area contributed by atoms with E-state index in [9.17, 15) is 24.8 Å². The van der Waals surface area contributed by atoms with Crippen LogP contribution < -0.4 is 10.9 Å². The third kappa shape index (κ3) is 3.80. The molecule has 0 unspecified atom stereocenters. The fourth-order valence-corrected chi connectivity index (χ4v) is 2.54. The first-order chi connectivity index (χ1) is 13.3. The molecule has 0 aliphatic heterocycles. The predicted molar refractivity (Wildman–Crippen MR) is 103 cm³/mol. The molecule has 0 fully saturated rings. The molecule has 0 saturated carbocycles. The Morgan fingerprint density at radius 2 is 1.86 bits per heavy atom. The number of phenols is 1. The number of nitro groups is 1. The molecule has 0 radical (unpaired) electrons. The van der Waals surface area contributed by atoms with E-state index in [4.69, 9.17) is 23.2 Å². The molecule has 3 rings (SSSR count). The van der Waals surface area contributed by atoms with Gasteiger partial charge in [-0.25, -0.2) is 0 Å². The number of phenolic OH excluding ortho intramolecular Hbond substituents is 1. The molecule has 3 aromatic rings. The standard InChI is InChI=1S/C17H10Cl2N4O5/c18-12-8-20-22(17(26)15(12)19)10-3-1-9(2-4-10)16(25)21-13-7-11(23(27)28)5-6-14(13)24/h1-8,24H,(H,21,25). The van der Waals surface area contributed by atoms with Crippen LogP contribution in [0, 0.1) is 10.1 Å². The number of carbonyl (C=O) groups excluding carboxylic acids is 1. The molecule has 142 valence electrons. The van der Waals surface area contributed by atoms with Gasteiger partial charge >= 0.3 is 0 Å². The molecule has 11 heteroatoms. The lowest BCUT2D eigenvalue weighted by Crippen LogP contribution is -2.21. The van der Waals surface area contributed by atoms with E-state index in [0.29, 0.717) is 5.69 Å². The Morgan fingerprint density at radius 3 is 2.50 bits per heavy atom. The SMILES string of the molecule is O=C(Nc1cc([N+](=O)[O-])ccc1O)c1ccc(-n2ncc(Cl)c(Cl)c2=O)cc1. The number of nitrogens with zero attached hydrogens (tertiary/aromatic N) is 3. The molecule has 2 N–H and O–H groups in total. The second kappa shape index (κ2) is 7.67. The maximum absolute atomic E-state index is 12.3. The molecular weight excluding hydrogens is 411 g/mol. The number of hydrogen-bond donors (Lipinski definition) is 2. The second-order valence-electron chi connectivity index (χ2n) is 5.48. The summed E-state index contributed by atoms with van der Waals surface area (Å²) in [7, 11) is 0. The van der Waals surface area contributed by atoms with E-state index >= 15 is 0 Å². The average molecular weight is 421 g/mol. The zero-order chi connectivity index (χ0) is 20.4. The van der Waals surface area contributed by atoms with Crippen LogP contribution in [0.4, 0.5) is 11.4 Å². The molecule has 28 heavy (non-hydrogen) atoms. The van der Waals surface area contributed by atoms with E-state index in [2.05, 4.69) is 10.4 Å². The summed E-state index contributed by atoms with van der Waals surface area (Å²) >= 11 is 11.6. The summed E-state index contributed by atoms with van der Waals surface area (Å²) in [5, 5.41) is 26.7. The molecule has 0 aliphatic carbocycles. The van der Waals surface area contributed by atoms with Crippen LogP contribution in [0.1, 0.15) is 10.4 Å². The smallest absolute Gasteiger partial charge is 0.291 e. The quantitative estimate of drug-likeness (QED) is 0.378. The van der Waals surface area contributed by atoms with Crippen molar-refractivity contribution in [2.45, 2.75) is 0 Å². The highest BCUT2D eigenvalue weighted by atomic mass is 35.5. The van der Waals surface area contributed by atoms with Gasteiger partial charge in [0.15, 0.2) is 0 Å². The zero-order valence-electron chi connectivity index (χ0n) is 13.8. The number of hydrogen-bond acceptors (Lipinski definition) is 6. The van der Waals surface area contributed by atoms with Crippen LogP contribution in [0.25, 0.3) is 5.69 Å². The third-order valence-electron chi connectivity index (χ3n) is 3.69. The van der Waals surface area contributed by atoms with Gasteiger partial charge < -0.3 is 10.4 Å². The van der Waals surface area contributed by atoms with Crippen LogP contribution >= 0.6 is 23.2 Å². The number of aromatic nitrogens is 2. The second-order valence-corrected chi connectivity index (χ2v) is 6.27. The summed E-state index contributed by atoms with van der Waals surface area (Å²) < 4.78 is 1.02. The largest absolute Gasteiger partial charge is 0.506 e. The number of rotatable bonds is 4. The number of benzene rings is 2. The molecule has 0 atom stereocenters. The summed E-state index contributed by atoms with van der Waals surface area (Å²) in [6.45, 7) is 0. The third-order valence-corrected chi connectivity index (χ3v) is 4.44. The van der Waals surface area contributed by atoms with Gasteiger partial charge in [-0.05, 0) is 30.3 Å². The number of carbonyl (C=O) groups is 1. The van der Waals surface area contributed by atoms with Crippen molar-refractivity contribution in [3.05, 3.63) is 84.7 Å². The summed E-state index contributed by atoms with van der Waals surface area (Å²) in [6.07, 6.45) is 1.22. The molecule has 0 aliphatic rings. The number of amides is 1. The minimum absolute atomic E-state index is 0.0238. The normalized spacial score (nSPS) is 10.5. The van der Waals surface area contributed by atoms with Crippen LogP contribution in [0.15, 0.2) is 53.5 Å². The fourth-order valence-electron chi connectivity index (χ4n) is 2.28. The van der Waals surface area contributed by atoms with Crippen LogP contribution in [-0.4, -0.2) is 25.7 Å². The van der Waals surface area contributed by atoms with Gasteiger partial charge in [-0.2, -0.15) is 9.78 Å². The lowest BCUT2D eigenvalue weighted by molar-refractivity contribution is -0.384. The van der Waals surface area contributed by atoms with Gasteiger partial charge in [0.2, 0.25) is 0 Å². The highest BCUT2D eigenvalue weighted by Crippen LogP contribution is 2.28. The van der Waals surface area contributed by atoms with Crippen LogP contribution in [0.2, 0.25) is 10.0 Å². The summed E-state index contributed by atoms with van der Waals surface area (Å²) in [5.41, 5.74) is -0.479. The number of halogens is 2. The zero-order valence-corrected chi connectivity index (χ0v) is 15.3. The highest BCUT2D eigenvalue weighted by molar-refractivity contribution is 6.41. The summed E-state index contributed by atoms with van der Waals surface area (Å²) in [5.74, 6) is -0.932. The molecule has 1 heterocycles. The number of aromatic hydroxyl groups is 1. The van der Waals surface area contributed by atoms with Gasteiger partial charge in [-0.15, -0.1) is 0 Å². The first kappa shape index (κ1) is 19.3. The molecular formula is C17H10Cl2N4O5. The van der Waals surface area contributed by atoms with Gasteiger partial charge in [-0.3, -0.25) is 19.7 Å². The van der Waals surface area contributed by atoms with Crippen molar-refractivity contribution in [3.8, 4) is 11.4 Å². The Bertz CT molecular complexity index is 1150. The number of non-ortho nitro benzene ring substituents is 1. The van der Waals surface area contributed by atoms with Gasteiger partial charge in [0.05, 0.1) is 27.5 Å². The van der Waals surface area contributed by atoms with E-state index in [-0.39, 0.29) is 32.7 Å². The van der Waals surface area contributed by atoms with E-state index in [1.54, 1.807) is 0 Å². The van der Waals surface area contributed by atoms with Gasteiger partial charge in [0.25, 0.3) is 17.2 Å². The highest BCUT2D eigenvalue weighted by Gasteiger charge is 2.15. The number of nitrogens with one attached hydrogen (secondary N) is 1. The molecule has 1 aromatic heterocycles. The number of anilines is 1. The maximum atomic E-state index is 12.3. The lowest BCUT2D eigenvalue weighted by Gasteiger charge is -2.09. The molecule has 0 saturated heterocycles. The van der Waals surface area contributed by atoms with E-state index in [1.807, 2.05) is 0 Å². The van der Waals surface area contributed by atoms with Gasteiger partial charge in [-0.1, -0.05) is 23.2 Å². The van der Waals surface area contributed by atoms with Crippen molar-refractivity contribution in [2.75, 3.05) is 5.32 Å². The molecule has 0 spiro atoms. The monoisotopic (exact) mass is 420 g/mol. The minimum atomic E-state index is -0.647. The molecule has 1 amide bonds. The molecule has 9 nitrogen and oxygen atoms in total. The van der Waals surface area contributed by atoms with Crippen LogP contribution in [-0.2, 0) is 0 Å². The molecule has 0 bridgehead atoms. The Morgan fingerprint density at radius 1 is 1.18 bits per heavy atom. The van der Waals surface area contributed by atoms with Crippen LogP contribution in [0.5, 0.6) is 5.75 Å². The van der Waals surface area contributed by atoms with Crippen molar-refractivity contribution >= 4 is 40.5 Å². The Labute approximate surface area is 166 Å². The number of nitro benzene ring substituents is 1. The Kier molecular flexibility index (Phi) is 5.30. The molecule has 2 aromatic carbocycles. The van der Waals surface area contributed by atoms with Crippen molar-refractivity contribution in [2.24, 2.45) is 0 Å².